The van der Waals surface area contributed by atoms with E-state index < -0.39 is 0 Å². The van der Waals surface area contributed by atoms with Gasteiger partial charge in [-0.1, -0.05) is 0 Å². The molecular weight excluding hydrogens is 240 g/mol. The fourth-order valence-corrected chi connectivity index (χ4v) is 2.51. The SMILES string of the molecule is CN1C=CN(CCN2CCOc3cc(N)ccc32)C1. The second-order valence-electron chi connectivity index (χ2n) is 5.07. The summed E-state index contributed by atoms with van der Waals surface area (Å²) in [5.41, 5.74) is 7.70. The van der Waals surface area contributed by atoms with Crippen LogP contribution < -0.4 is 15.4 Å². The highest BCUT2D eigenvalue weighted by atomic mass is 16.5. The van der Waals surface area contributed by atoms with E-state index in [-0.39, 0.29) is 0 Å². The fourth-order valence-electron chi connectivity index (χ4n) is 2.51. The number of rotatable bonds is 3. The van der Waals surface area contributed by atoms with Gasteiger partial charge < -0.3 is 25.2 Å². The van der Waals surface area contributed by atoms with Gasteiger partial charge in [0.25, 0.3) is 0 Å². The first kappa shape index (κ1) is 12.0. The highest BCUT2D eigenvalue weighted by Crippen LogP contribution is 2.33. The highest BCUT2D eigenvalue weighted by molar-refractivity contribution is 5.65. The molecule has 0 saturated carbocycles. The molecule has 102 valence electrons. The maximum atomic E-state index is 5.79. The average molecular weight is 260 g/mol. The summed E-state index contributed by atoms with van der Waals surface area (Å²) in [5, 5.41) is 0. The summed E-state index contributed by atoms with van der Waals surface area (Å²) in [6, 6.07) is 5.89. The molecule has 0 spiro atoms. The second-order valence-corrected chi connectivity index (χ2v) is 5.07. The van der Waals surface area contributed by atoms with Crippen LogP contribution in [0.25, 0.3) is 0 Å². The predicted molar refractivity (Wildman–Crippen MR) is 77.0 cm³/mol. The lowest BCUT2D eigenvalue weighted by Crippen LogP contribution is -2.38. The zero-order chi connectivity index (χ0) is 13.2. The Morgan fingerprint density at radius 3 is 2.95 bits per heavy atom. The Morgan fingerprint density at radius 1 is 1.26 bits per heavy atom. The van der Waals surface area contributed by atoms with Crippen molar-refractivity contribution in [2.75, 3.05) is 50.6 Å². The standard InChI is InChI=1S/C14H20N4O/c1-16-4-5-17(11-16)6-7-18-8-9-19-14-10-12(15)2-3-13(14)18/h2-5,10H,6-9,11,15H2,1H3. The number of ether oxygens (including phenoxy) is 1. The minimum Gasteiger partial charge on any atom is -0.489 e. The lowest BCUT2D eigenvalue weighted by Gasteiger charge is -2.32. The molecule has 0 amide bonds. The van der Waals surface area contributed by atoms with Crippen molar-refractivity contribution in [2.24, 2.45) is 0 Å². The van der Waals surface area contributed by atoms with Crippen LogP contribution in [0, 0.1) is 0 Å². The van der Waals surface area contributed by atoms with E-state index in [1.165, 1.54) is 0 Å². The lowest BCUT2D eigenvalue weighted by atomic mass is 10.2. The molecule has 5 heteroatoms. The summed E-state index contributed by atoms with van der Waals surface area (Å²) in [4.78, 5) is 6.85. The molecule has 19 heavy (non-hydrogen) atoms. The van der Waals surface area contributed by atoms with Crippen molar-refractivity contribution >= 4 is 11.4 Å². The molecule has 0 bridgehead atoms. The molecular formula is C14H20N4O. The topological polar surface area (TPSA) is 45.0 Å². The van der Waals surface area contributed by atoms with Crippen molar-refractivity contribution in [3.8, 4) is 5.75 Å². The number of benzene rings is 1. The van der Waals surface area contributed by atoms with Gasteiger partial charge >= 0.3 is 0 Å². The van der Waals surface area contributed by atoms with Crippen LogP contribution in [0.5, 0.6) is 5.75 Å². The quantitative estimate of drug-likeness (QED) is 0.826. The summed E-state index contributed by atoms with van der Waals surface area (Å²) < 4.78 is 5.67. The van der Waals surface area contributed by atoms with E-state index in [0.717, 1.165) is 50.0 Å². The number of nitrogen functional groups attached to an aromatic ring is 1. The molecule has 2 aliphatic rings. The molecule has 0 saturated heterocycles. The van der Waals surface area contributed by atoms with E-state index in [9.17, 15) is 0 Å². The van der Waals surface area contributed by atoms with Crippen LogP contribution >= 0.6 is 0 Å². The minimum atomic E-state index is 0.728. The van der Waals surface area contributed by atoms with Crippen LogP contribution in [0.2, 0.25) is 0 Å². The minimum absolute atomic E-state index is 0.728. The molecule has 0 radical (unpaired) electrons. The second kappa shape index (κ2) is 4.91. The van der Waals surface area contributed by atoms with Gasteiger partial charge in [-0.15, -0.1) is 0 Å². The maximum Gasteiger partial charge on any atom is 0.144 e. The Balaban J connectivity index is 1.65. The Bertz CT molecular complexity index is 488. The third-order valence-corrected chi connectivity index (χ3v) is 3.54. The highest BCUT2D eigenvalue weighted by Gasteiger charge is 2.19. The Labute approximate surface area is 113 Å². The third kappa shape index (κ3) is 2.54. The van der Waals surface area contributed by atoms with Gasteiger partial charge in [-0.3, -0.25) is 0 Å². The van der Waals surface area contributed by atoms with Crippen LogP contribution in [-0.2, 0) is 0 Å². The number of fused-ring (bicyclic) bond motifs is 1. The first-order valence-corrected chi connectivity index (χ1v) is 6.62. The normalized spacial score (nSPS) is 17.6. The molecule has 0 aliphatic carbocycles. The number of nitrogens with two attached hydrogens (primary N) is 1. The molecule has 2 heterocycles. The fraction of sp³-hybridized carbons (Fsp3) is 0.429. The molecule has 0 unspecified atom stereocenters. The van der Waals surface area contributed by atoms with Gasteiger partial charge in [0.05, 0.1) is 18.9 Å². The summed E-state index contributed by atoms with van der Waals surface area (Å²) >= 11 is 0. The molecule has 5 nitrogen and oxygen atoms in total. The molecule has 2 aliphatic heterocycles. The van der Waals surface area contributed by atoms with E-state index in [1.54, 1.807) is 0 Å². The summed E-state index contributed by atoms with van der Waals surface area (Å²) in [7, 11) is 2.09. The first-order chi connectivity index (χ1) is 9.22. The van der Waals surface area contributed by atoms with E-state index in [2.05, 4.69) is 40.2 Å². The molecule has 1 aromatic rings. The number of hydrogen-bond donors (Lipinski definition) is 1. The zero-order valence-electron chi connectivity index (χ0n) is 11.2. The molecule has 3 rings (SSSR count). The summed E-state index contributed by atoms with van der Waals surface area (Å²) in [6.07, 6.45) is 4.25. The van der Waals surface area contributed by atoms with E-state index in [4.69, 9.17) is 10.5 Å². The van der Waals surface area contributed by atoms with Crippen molar-refractivity contribution < 1.29 is 4.74 Å². The number of hydrogen-bond acceptors (Lipinski definition) is 5. The summed E-state index contributed by atoms with van der Waals surface area (Å²) in [5.74, 6) is 0.903. The third-order valence-electron chi connectivity index (χ3n) is 3.54. The van der Waals surface area contributed by atoms with Gasteiger partial charge in [0.2, 0.25) is 0 Å². The molecule has 0 atom stereocenters. The van der Waals surface area contributed by atoms with Crippen molar-refractivity contribution in [2.45, 2.75) is 0 Å². The Kier molecular flexibility index (Phi) is 3.11. The molecule has 0 aromatic heterocycles. The Hall–Kier alpha value is -2.04. The van der Waals surface area contributed by atoms with Crippen molar-refractivity contribution in [3.05, 3.63) is 30.6 Å². The first-order valence-electron chi connectivity index (χ1n) is 6.62. The number of nitrogens with zero attached hydrogens (tertiary/aromatic N) is 3. The van der Waals surface area contributed by atoms with Crippen molar-refractivity contribution in [3.63, 3.8) is 0 Å². The van der Waals surface area contributed by atoms with Gasteiger partial charge in [0.15, 0.2) is 0 Å². The van der Waals surface area contributed by atoms with Gasteiger partial charge in [-0.2, -0.15) is 0 Å². The van der Waals surface area contributed by atoms with Gasteiger partial charge in [0.1, 0.15) is 12.4 Å². The predicted octanol–water partition coefficient (Wildman–Crippen LogP) is 1.14. The van der Waals surface area contributed by atoms with Gasteiger partial charge in [-0.05, 0) is 12.1 Å². The van der Waals surface area contributed by atoms with Crippen LogP contribution in [0.15, 0.2) is 30.6 Å². The maximum absolute atomic E-state index is 5.79. The monoisotopic (exact) mass is 260 g/mol. The van der Waals surface area contributed by atoms with E-state index in [0.29, 0.717) is 0 Å². The van der Waals surface area contributed by atoms with Crippen molar-refractivity contribution in [1.29, 1.82) is 0 Å². The van der Waals surface area contributed by atoms with Gasteiger partial charge in [-0.25, -0.2) is 0 Å². The smallest absolute Gasteiger partial charge is 0.144 e. The van der Waals surface area contributed by atoms with E-state index in [1.807, 2.05) is 12.1 Å². The largest absolute Gasteiger partial charge is 0.489 e. The molecule has 2 N–H and O–H groups in total. The Morgan fingerprint density at radius 2 is 2.16 bits per heavy atom. The van der Waals surface area contributed by atoms with Gasteiger partial charge in [0, 0.05) is 44.3 Å². The van der Waals surface area contributed by atoms with Crippen LogP contribution in [-0.4, -0.2) is 49.8 Å². The molecule has 0 fully saturated rings. The van der Waals surface area contributed by atoms with Crippen LogP contribution in [0.4, 0.5) is 11.4 Å². The number of anilines is 2. The average Bonchev–Trinajstić information content (AvgIpc) is 2.81. The summed E-state index contributed by atoms with van der Waals surface area (Å²) in [6.45, 7) is 4.65. The molecule has 1 aromatic carbocycles. The van der Waals surface area contributed by atoms with Crippen LogP contribution in [0.1, 0.15) is 0 Å². The zero-order valence-corrected chi connectivity index (χ0v) is 11.2. The van der Waals surface area contributed by atoms with Crippen molar-refractivity contribution in [1.82, 2.24) is 9.80 Å². The van der Waals surface area contributed by atoms with Crippen LogP contribution in [0.3, 0.4) is 0 Å². The lowest BCUT2D eigenvalue weighted by molar-refractivity contribution is 0.285. The van der Waals surface area contributed by atoms with E-state index >= 15 is 0 Å².